The average Bonchev–Trinajstić information content (AvgIpc) is 2.41. The van der Waals surface area contributed by atoms with Crippen LogP contribution in [-0.4, -0.2) is 15.5 Å². The number of methoxy groups -OCH3 is 1. The van der Waals surface area contributed by atoms with E-state index < -0.39 is 10.0 Å². The molecule has 7 heteroatoms. The van der Waals surface area contributed by atoms with E-state index >= 15 is 0 Å². The summed E-state index contributed by atoms with van der Waals surface area (Å²) < 4.78 is 32.0. The Morgan fingerprint density at radius 1 is 1.20 bits per heavy atom. The highest BCUT2D eigenvalue weighted by Crippen LogP contribution is 2.26. The quantitative estimate of drug-likeness (QED) is 0.851. The van der Waals surface area contributed by atoms with Crippen LogP contribution in [0.1, 0.15) is 0 Å². The number of nitrogen functional groups attached to an aromatic ring is 1. The van der Waals surface area contributed by atoms with Gasteiger partial charge in [0.25, 0.3) is 10.0 Å². The molecule has 0 aliphatic heterocycles. The average molecular weight is 313 g/mol. The van der Waals surface area contributed by atoms with Crippen molar-refractivity contribution in [2.75, 3.05) is 17.6 Å². The molecule has 0 spiro atoms. The van der Waals surface area contributed by atoms with Gasteiger partial charge in [0, 0.05) is 11.1 Å². The van der Waals surface area contributed by atoms with Crippen LogP contribution in [-0.2, 0) is 10.0 Å². The third-order valence-corrected chi connectivity index (χ3v) is 4.26. The van der Waals surface area contributed by atoms with Crippen LogP contribution in [0.4, 0.5) is 11.4 Å². The monoisotopic (exact) mass is 312 g/mol. The number of anilines is 2. The molecule has 0 heterocycles. The van der Waals surface area contributed by atoms with Gasteiger partial charge in [-0.25, -0.2) is 8.42 Å². The molecule has 2 aromatic carbocycles. The molecular weight excluding hydrogens is 300 g/mol. The zero-order chi connectivity index (χ0) is 14.8. The Labute approximate surface area is 122 Å². The van der Waals surface area contributed by atoms with Crippen LogP contribution in [0.25, 0.3) is 0 Å². The molecule has 0 aliphatic rings. The Kier molecular flexibility index (Phi) is 4.06. The predicted molar refractivity (Wildman–Crippen MR) is 79.7 cm³/mol. The Bertz CT molecular complexity index is 732. The normalized spacial score (nSPS) is 11.1. The van der Waals surface area contributed by atoms with Gasteiger partial charge in [-0.1, -0.05) is 17.7 Å². The standard InChI is InChI=1S/C13H13ClN2O3S/c1-19-11-4-2-3-10(8-11)16-20(17,18)13-7-9(14)5-6-12(13)15/h2-8,16H,15H2,1H3. The zero-order valence-corrected chi connectivity index (χ0v) is 12.2. The van der Waals surface area contributed by atoms with Crippen LogP contribution >= 0.6 is 11.6 Å². The molecule has 0 fully saturated rings. The van der Waals surface area contributed by atoms with Crippen LogP contribution in [0.3, 0.4) is 0 Å². The summed E-state index contributed by atoms with van der Waals surface area (Å²) in [6.45, 7) is 0. The van der Waals surface area contributed by atoms with Gasteiger partial charge in [-0.3, -0.25) is 4.72 Å². The van der Waals surface area contributed by atoms with Crippen molar-refractivity contribution in [3.05, 3.63) is 47.5 Å². The molecule has 106 valence electrons. The van der Waals surface area contributed by atoms with E-state index in [1.54, 1.807) is 24.3 Å². The van der Waals surface area contributed by atoms with Crippen molar-refractivity contribution in [3.63, 3.8) is 0 Å². The van der Waals surface area contributed by atoms with Gasteiger partial charge in [-0.2, -0.15) is 0 Å². The summed E-state index contributed by atoms with van der Waals surface area (Å²) in [4.78, 5) is -0.0622. The fourth-order valence-electron chi connectivity index (χ4n) is 1.64. The lowest BCUT2D eigenvalue weighted by Gasteiger charge is -2.11. The number of ether oxygens (including phenoxy) is 1. The molecule has 0 atom stereocenters. The highest BCUT2D eigenvalue weighted by Gasteiger charge is 2.18. The van der Waals surface area contributed by atoms with Crippen molar-refractivity contribution in [1.29, 1.82) is 0 Å². The molecule has 0 radical (unpaired) electrons. The van der Waals surface area contributed by atoms with Crippen LogP contribution in [0.5, 0.6) is 5.75 Å². The summed E-state index contributed by atoms with van der Waals surface area (Å²) in [5.41, 5.74) is 6.19. The Morgan fingerprint density at radius 3 is 2.65 bits per heavy atom. The summed E-state index contributed by atoms with van der Waals surface area (Å²) in [5.74, 6) is 0.546. The van der Waals surface area contributed by atoms with Gasteiger partial charge in [0.2, 0.25) is 0 Å². The van der Waals surface area contributed by atoms with Crippen molar-refractivity contribution in [2.24, 2.45) is 0 Å². The van der Waals surface area contributed by atoms with E-state index in [4.69, 9.17) is 22.1 Å². The number of benzene rings is 2. The molecule has 0 unspecified atom stereocenters. The third-order valence-electron chi connectivity index (χ3n) is 2.59. The first-order valence-electron chi connectivity index (χ1n) is 5.64. The maximum atomic E-state index is 12.3. The number of nitrogens with two attached hydrogens (primary N) is 1. The van der Waals surface area contributed by atoms with Gasteiger partial charge in [0.05, 0.1) is 18.5 Å². The Balaban J connectivity index is 2.38. The first kappa shape index (κ1) is 14.5. The van der Waals surface area contributed by atoms with E-state index in [1.165, 1.54) is 25.3 Å². The SMILES string of the molecule is COc1cccc(NS(=O)(=O)c2cc(Cl)ccc2N)c1. The summed E-state index contributed by atoms with van der Waals surface area (Å²) in [7, 11) is -2.30. The zero-order valence-electron chi connectivity index (χ0n) is 10.6. The van der Waals surface area contributed by atoms with Gasteiger partial charge in [-0.15, -0.1) is 0 Å². The summed E-state index contributed by atoms with van der Waals surface area (Å²) >= 11 is 5.81. The van der Waals surface area contributed by atoms with E-state index in [0.29, 0.717) is 16.5 Å². The minimum Gasteiger partial charge on any atom is -0.497 e. The molecule has 0 aliphatic carbocycles. The van der Waals surface area contributed by atoms with E-state index in [-0.39, 0.29) is 10.6 Å². The fourth-order valence-corrected chi connectivity index (χ4v) is 3.08. The lowest BCUT2D eigenvalue weighted by atomic mass is 10.3. The van der Waals surface area contributed by atoms with Crippen molar-refractivity contribution in [1.82, 2.24) is 0 Å². The molecule has 5 nitrogen and oxygen atoms in total. The highest BCUT2D eigenvalue weighted by molar-refractivity contribution is 7.92. The minimum absolute atomic E-state index is 0.0622. The van der Waals surface area contributed by atoms with E-state index in [2.05, 4.69) is 4.72 Å². The summed E-state index contributed by atoms with van der Waals surface area (Å²) in [5, 5.41) is 0.296. The second-order valence-corrected chi connectivity index (χ2v) is 6.11. The first-order chi connectivity index (χ1) is 9.42. The number of halogens is 1. The van der Waals surface area contributed by atoms with Crippen LogP contribution < -0.4 is 15.2 Å². The molecule has 0 amide bonds. The summed E-state index contributed by atoms with van der Waals surface area (Å²) in [6.07, 6.45) is 0. The lowest BCUT2D eigenvalue weighted by molar-refractivity contribution is 0.415. The Morgan fingerprint density at radius 2 is 1.95 bits per heavy atom. The number of rotatable bonds is 4. The first-order valence-corrected chi connectivity index (χ1v) is 7.50. The number of hydrogen-bond acceptors (Lipinski definition) is 4. The largest absolute Gasteiger partial charge is 0.497 e. The van der Waals surface area contributed by atoms with E-state index in [1.807, 2.05) is 0 Å². The molecule has 0 bridgehead atoms. The van der Waals surface area contributed by atoms with Gasteiger partial charge in [0.1, 0.15) is 10.6 Å². The fraction of sp³-hybridized carbons (Fsp3) is 0.0769. The second-order valence-electron chi connectivity index (χ2n) is 4.02. The van der Waals surface area contributed by atoms with Gasteiger partial charge in [0.15, 0.2) is 0 Å². The minimum atomic E-state index is -3.81. The number of sulfonamides is 1. The van der Waals surface area contributed by atoms with Gasteiger partial charge < -0.3 is 10.5 Å². The lowest BCUT2D eigenvalue weighted by Crippen LogP contribution is -2.14. The van der Waals surface area contributed by atoms with E-state index in [0.717, 1.165) is 0 Å². The van der Waals surface area contributed by atoms with Crippen molar-refractivity contribution >= 4 is 33.0 Å². The molecule has 2 rings (SSSR count). The van der Waals surface area contributed by atoms with E-state index in [9.17, 15) is 8.42 Å². The highest BCUT2D eigenvalue weighted by atomic mass is 35.5. The second kappa shape index (κ2) is 5.60. The Hall–Kier alpha value is -1.92. The summed E-state index contributed by atoms with van der Waals surface area (Å²) in [6, 6.07) is 10.9. The topological polar surface area (TPSA) is 81.4 Å². The molecular formula is C13H13ClN2O3S. The molecule has 0 aromatic heterocycles. The van der Waals surface area contributed by atoms with Crippen LogP contribution in [0.15, 0.2) is 47.4 Å². The smallest absolute Gasteiger partial charge is 0.263 e. The van der Waals surface area contributed by atoms with Crippen LogP contribution in [0, 0.1) is 0 Å². The van der Waals surface area contributed by atoms with Crippen molar-refractivity contribution in [2.45, 2.75) is 4.90 Å². The molecule has 0 saturated heterocycles. The molecule has 3 N–H and O–H groups in total. The number of hydrogen-bond donors (Lipinski definition) is 2. The molecule has 2 aromatic rings. The van der Waals surface area contributed by atoms with Gasteiger partial charge in [-0.05, 0) is 30.3 Å². The number of nitrogens with one attached hydrogen (secondary N) is 1. The maximum absolute atomic E-state index is 12.3. The van der Waals surface area contributed by atoms with Crippen LogP contribution in [0.2, 0.25) is 5.02 Å². The van der Waals surface area contributed by atoms with Crippen molar-refractivity contribution < 1.29 is 13.2 Å². The third kappa shape index (κ3) is 3.15. The molecule has 20 heavy (non-hydrogen) atoms. The van der Waals surface area contributed by atoms with Crippen molar-refractivity contribution in [3.8, 4) is 5.75 Å². The van der Waals surface area contributed by atoms with Gasteiger partial charge >= 0.3 is 0 Å². The molecule has 0 saturated carbocycles. The maximum Gasteiger partial charge on any atom is 0.263 e. The predicted octanol–water partition coefficient (Wildman–Crippen LogP) is 2.73.